The highest BCUT2D eigenvalue weighted by molar-refractivity contribution is 5.77. The van der Waals surface area contributed by atoms with Gasteiger partial charge in [0.2, 0.25) is 5.91 Å². The fraction of sp³-hybridized carbons (Fsp3) is 0.462. The van der Waals surface area contributed by atoms with Gasteiger partial charge in [0, 0.05) is 17.8 Å². The Morgan fingerprint density at radius 2 is 2.11 bits per heavy atom. The molecule has 1 amide bonds. The second-order valence-corrected chi connectivity index (χ2v) is 5.07. The van der Waals surface area contributed by atoms with Gasteiger partial charge in [0.15, 0.2) is 0 Å². The Hall–Kier alpha value is -1.75. The van der Waals surface area contributed by atoms with E-state index in [1.807, 2.05) is 20.8 Å². The summed E-state index contributed by atoms with van der Waals surface area (Å²) in [4.78, 5) is 11.5. The largest absolute Gasteiger partial charge is 0.508 e. The van der Waals surface area contributed by atoms with Crippen LogP contribution < -0.4 is 11.1 Å². The number of carbonyl (C=O) groups excluding carboxylic acids is 1. The van der Waals surface area contributed by atoms with Crippen LogP contribution in [0.5, 0.6) is 5.75 Å². The van der Waals surface area contributed by atoms with E-state index in [-0.39, 0.29) is 30.4 Å². The summed E-state index contributed by atoms with van der Waals surface area (Å²) < 4.78 is 5.33. The molecular formula is C13H20N2O3. The van der Waals surface area contributed by atoms with E-state index >= 15 is 0 Å². The van der Waals surface area contributed by atoms with Crippen molar-refractivity contribution >= 4 is 11.6 Å². The third-order valence-corrected chi connectivity index (χ3v) is 2.22. The molecule has 0 saturated heterocycles. The third-order valence-electron chi connectivity index (χ3n) is 2.22. The van der Waals surface area contributed by atoms with E-state index in [2.05, 4.69) is 5.32 Å². The Morgan fingerprint density at radius 1 is 1.44 bits per heavy atom. The highest BCUT2D eigenvalue weighted by Gasteiger charge is 2.13. The first kappa shape index (κ1) is 14.3. The van der Waals surface area contributed by atoms with Gasteiger partial charge in [0.05, 0.1) is 5.60 Å². The number of amides is 1. The number of rotatable bonds is 4. The molecule has 0 unspecified atom stereocenters. The molecule has 1 aromatic carbocycles. The summed E-state index contributed by atoms with van der Waals surface area (Å²) in [6, 6.07) is 4.73. The molecule has 0 saturated carbocycles. The lowest BCUT2D eigenvalue weighted by Crippen LogP contribution is -2.31. The van der Waals surface area contributed by atoms with Crippen LogP contribution in [0.1, 0.15) is 26.3 Å². The SMILES string of the molecule is CC(C)(C)OCC(=O)NCc1cc(N)ccc1O. The molecule has 4 N–H and O–H groups in total. The zero-order valence-corrected chi connectivity index (χ0v) is 11.0. The van der Waals surface area contributed by atoms with Crippen molar-refractivity contribution in [3.8, 4) is 5.75 Å². The maximum Gasteiger partial charge on any atom is 0.246 e. The third kappa shape index (κ3) is 5.05. The Labute approximate surface area is 107 Å². The first-order valence-corrected chi connectivity index (χ1v) is 5.76. The molecule has 1 aromatic rings. The number of phenolic OH excluding ortho intramolecular Hbond substituents is 1. The molecular weight excluding hydrogens is 232 g/mol. The van der Waals surface area contributed by atoms with Crippen molar-refractivity contribution in [1.82, 2.24) is 5.32 Å². The molecule has 0 spiro atoms. The summed E-state index contributed by atoms with van der Waals surface area (Å²) in [5.74, 6) is -0.118. The van der Waals surface area contributed by atoms with E-state index in [9.17, 15) is 9.90 Å². The lowest BCUT2D eigenvalue weighted by atomic mass is 10.2. The van der Waals surface area contributed by atoms with E-state index in [0.29, 0.717) is 11.3 Å². The summed E-state index contributed by atoms with van der Waals surface area (Å²) >= 11 is 0. The summed E-state index contributed by atoms with van der Waals surface area (Å²) in [6.45, 7) is 5.85. The normalized spacial score (nSPS) is 11.3. The van der Waals surface area contributed by atoms with E-state index < -0.39 is 0 Å². The smallest absolute Gasteiger partial charge is 0.246 e. The highest BCUT2D eigenvalue weighted by Crippen LogP contribution is 2.19. The molecule has 0 atom stereocenters. The van der Waals surface area contributed by atoms with Crippen molar-refractivity contribution in [3.63, 3.8) is 0 Å². The summed E-state index contributed by atoms with van der Waals surface area (Å²) in [5.41, 5.74) is 6.38. The molecule has 5 heteroatoms. The van der Waals surface area contributed by atoms with Crippen molar-refractivity contribution < 1.29 is 14.6 Å². The zero-order valence-electron chi connectivity index (χ0n) is 11.0. The Morgan fingerprint density at radius 3 is 2.72 bits per heavy atom. The molecule has 1 rings (SSSR count). The van der Waals surface area contributed by atoms with Gasteiger partial charge in [-0.25, -0.2) is 0 Å². The van der Waals surface area contributed by atoms with Crippen LogP contribution in [0.4, 0.5) is 5.69 Å². The molecule has 100 valence electrons. The predicted octanol–water partition coefficient (Wildman–Crippen LogP) is 1.41. The van der Waals surface area contributed by atoms with Crippen LogP contribution in [0.3, 0.4) is 0 Å². The number of nitrogens with one attached hydrogen (secondary N) is 1. The number of nitrogen functional groups attached to an aromatic ring is 1. The Bertz CT molecular complexity index is 425. The second-order valence-electron chi connectivity index (χ2n) is 5.07. The molecule has 0 aromatic heterocycles. The number of anilines is 1. The first-order chi connectivity index (χ1) is 8.28. The molecule has 0 fully saturated rings. The molecule has 0 heterocycles. The average molecular weight is 252 g/mol. The van der Waals surface area contributed by atoms with Gasteiger partial charge in [-0.3, -0.25) is 4.79 Å². The van der Waals surface area contributed by atoms with Crippen molar-refractivity contribution in [3.05, 3.63) is 23.8 Å². The number of hydrogen-bond acceptors (Lipinski definition) is 4. The van der Waals surface area contributed by atoms with Gasteiger partial charge in [-0.05, 0) is 39.0 Å². The number of benzene rings is 1. The second kappa shape index (κ2) is 5.73. The number of carbonyl (C=O) groups is 1. The van der Waals surface area contributed by atoms with Crippen LogP contribution in [0, 0.1) is 0 Å². The number of phenols is 1. The summed E-state index contributed by atoms with van der Waals surface area (Å²) in [5, 5.41) is 12.2. The first-order valence-electron chi connectivity index (χ1n) is 5.76. The van der Waals surface area contributed by atoms with E-state index in [1.54, 1.807) is 12.1 Å². The minimum absolute atomic E-state index is 0.00736. The number of nitrogens with two attached hydrogens (primary N) is 1. The number of aromatic hydroxyl groups is 1. The maximum absolute atomic E-state index is 11.5. The predicted molar refractivity (Wildman–Crippen MR) is 70.1 cm³/mol. The van der Waals surface area contributed by atoms with Crippen LogP contribution in [0.2, 0.25) is 0 Å². The number of hydrogen-bond donors (Lipinski definition) is 3. The average Bonchev–Trinajstić information content (AvgIpc) is 2.26. The monoisotopic (exact) mass is 252 g/mol. The van der Waals surface area contributed by atoms with Crippen LogP contribution >= 0.6 is 0 Å². The molecule has 0 aliphatic carbocycles. The fourth-order valence-electron chi connectivity index (χ4n) is 1.27. The number of ether oxygens (including phenoxy) is 1. The topological polar surface area (TPSA) is 84.6 Å². The van der Waals surface area contributed by atoms with Crippen LogP contribution in [-0.2, 0) is 16.1 Å². The van der Waals surface area contributed by atoms with Crippen molar-refractivity contribution in [1.29, 1.82) is 0 Å². The Kier molecular flexibility index (Phi) is 4.55. The summed E-state index contributed by atoms with van der Waals surface area (Å²) in [6.07, 6.45) is 0. The molecule has 0 radical (unpaired) electrons. The van der Waals surface area contributed by atoms with Gasteiger partial charge < -0.3 is 20.9 Å². The van der Waals surface area contributed by atoms with E-state index in [0.717, 1.165) is 0 Å². The van der Waals surface area contributed by atoms with Crippen molar-refractivity contribution in [2.45, 2.75) is 32.9 Å². The van der Waals surface area contributed by atoms with Gasteiger partial charge in [0.25, 0.3) is 0 Å². The fourth-order valence-corrected chi connectivity index (χ4v) is 1.27. The maximum atomic E-state index is 11.5. The zero-order chi connectivity index (χ0) is 13.8. The molecule has 5 nitrogen and oxygen atoms in total. The van der Waals surface area contributed by atoms with Crippen LogP contribution in [0.15, 0.2) is 18.2 Å². The molecule has 0 bridgehead atoms. The lowest BCUT2D eigenvalue weighted by Gasteiger charge is -2.19. The Balaban J connectivity index is 2.45. The van der Waals surface area contributed by atoms with Gasteiger partial charge >= 0.3 is 0 Å². The van der Waals surface area contributed by atoms with Crippen LogP contribution in [-0.4, -0.2) is 23.2 Å². The quantitative estimate of drug-likeness (QED) is 0.558. The van der Waals surface area contributed by atoms with Gasteiger partial charge in [0.1, 0.15) is 12.4 Å². The van der Waals surface area contributed by atoms with Crippen molar-refractivity contribution in [2.24, 2.45) is 0 Å². The van der Waals surface area contributed by atoms with Gasteiger partial charge in [-0.2, -0.15) is 0 Å². The standard InChI is InChI=1S/C13H20N2O3/c1-13(2,3)18-8-12(17)15-7-9-6-10(14)4-5-11(9)16/h4-6,16H,7-8,14H2,1-3H3,(H,15,17). The van der Waals surface area contributed by atoms with Crippen molar-refractivity contribution in [2.75, 3.05) is 12.3 Å². The van der Waals surface area contributed by atoms with Crippen LogP contribution in [0.25, 0.3) is 0 Å². The summed E-state index contributed by atoms with van der Waals surface area (Å²) in [7, 11) is 0. The van der Waals surface area contributed by atoms with E-state index in [4.69, 9.17) is 10.5 Å². The minimum Gasteiger partial charge on any atom is -0.508 e. The minimum atomic E-state index is -0.351. The van der Waals surface area contributed by atoms with Gasteiger partial charge in [-0.15, -0.1) is 0 Å². The highest BCUT2D eigenvalue weighted by atomic mass is 16.5. The molecule has 18 heavy (non-hydrogen) atoms. The molecule has 0 aliphatic heterocycles. The lowest BCUT2D eigenvalue weighted by molar-refractivity contribution is -0.130. The van der Waals surface area contributed by atoms with Gasteiger partial charge in [-0.1, -0.05) is 0 Å². The van der Waals surface area contributed by atoms with E-state index in [1.165, 1.54) is 6.07 Å². The molecule has 0 aliphatic rings.